The van der Waals surface area contributed by atoms with E-state index in [4.69, 9.17) is 0 Å². The molecule has 8 heteroatoms. The highest BCUT2D eigenvalue weighted by Crippen LogP contribution is 2.42. The highest BCUT2D eigenvalue weighted by Gasteiger charge is 2.37. The molecular weight excluding hydrogens is 576 g/mol. The number of amides is 2. The Morgan fingerprint density at radius 1 is 0.891 bits per heavy atom. The van der Waals surface area contributed by atoms with E-state index in [1.165, 1.54) is 0 Å². The number of nitrogens with zero attached hydrogens (tertiary/aromatic N) is 4. The number of para-hydroxylation sites is 2. The summed E-state index contributed by atoms with van der Waals surface area (Å²) in [6.07, 6.45) is 9.11. The fourth-order valence-corrected chi connectivity index (χ4v) is 5.61. The van der Waals surface area contributed by atoms with Crippen molar-refractivity contribution in [2.45, 2.75) is 19.8 Å². The maximum Gasteiger partial charge on any atom is 0.323 e. The minimum absolute atomic E-state index is 0.128. The second-order valence-electron chi connectivity index (χ2n) is 11.2. The molecule has 0 radical (unpaired) electrons. The van der Waals surface area contributed by atoms with Gasteiger partial charge in [-0.15, -0.1) is 0 Å². The van der Waals surface area contributed by atoms with Crippen LogP contribution in [0.2, 0.25) is 0 Å². The van der Waals surface area contributed by atoms with Crippen LogP contribution in [0.4, 0.5) is 17.1 Å². The van der Waals surface area contributed by atoms with Gasteiger partial charge < -0.3 is 14.9 Å². The first-order chi connectivity index (χ1) is 22.2. The number of carbonyl (C=O) groups excluding carboxylic acids is 2. The quantitative estimate of drug-likeness (QED) is 0.210. The molecule has 0 saturated heterocycles. The number of aliphatic carboxylic acids is 1. The summed E-state index contributed by atoms with van der Waals surface area (Å²) in [4.78, 5) is 42.8. The summed E-state index contributed by atoms with van der Waals surface area (Å²) in [5, 5.41) is 19.2. The monoisotopic (exact) mass is 610 g/mol. The molecular formula is C38H34N4O4. The number of allylic oxidation sites excluding steroid dienone is 5. The van der Waals surface area contributed by atoms with Crippen LogP contribution in [-0.4, -0.2) is 48.4 Å². The standard InChI is InChI=1S/C38H34N4O4/c1-26-33(37(45)41(25-35(43)44)38(46)34(26)24-39)23-29-20-19-28(12-10-11-27-17-21-30(22-18-27)40(2)3)36(29)42(31-13-6-4-7-14-31)32-15-8-5-9-16-32/h4-18,21-23H,19-20,25H2,1-3H3,(H,43,44)/b11-10+,28-12+,33-23-. The Balaban J connectivity index is 1.69. The molecule has 1 aliphatic carbocycles. The molecule has 0 aromatic heterocycles. The lowest BCUT2D eigenvalue weighted by Gasteiger charge is -2.29. The van der Waals surface area contributed by atoms with E-state index >= 15 is 0 Å². The van der Waals surface area contributed by atoms with Crippen molar-refractivity contribution in [1.29, 1.82) is 5.26 Å². The number of carboxylic acids is 1. The van der Waals surface area contributed by atoms with Crippen molar-refractivity contribution in [1.82, 2.24) is 4.90 Å². The van der Waals surface area contributed by atoms with Crippen molar-refractivity contribution in [3.8, 4) is 6.07 Å². The molecule has 46 heavy (non-hydrogen) atoms. The molecule has 2 aliphatic rings. The molecule has 0 atom stereocenters. The van der Waals surface area contributed by atoms with Gasteiger partial charge in [-0.3, -0.25) is 19.3 Å². The Bertz CT molecular complexity index is 1820. The van der Waals surface area contributed by atoms with Crippen molar-refractivity contribution >= 4 is 40.9 Å². The second kappa shape index (κ2) is 13.8. The molecule has 1 aliphatic heterocycles. The smallest absolute Gasteiger partial charge is 0.323 e. The van der Waals surface area contributed by atoms with E-state index in [1.807, 2.05) is 97.9 Å². The summed E-state index contributed by atoms with van der Waals surface area (Å²) < 4.78 is 0. The summed E-state index contributed by atoms with van der Waals surface area (Å²) >= 11 is 0. The number of hydrogen-bond donors (Lipinski definition) is 1. The number of carbonyl (C=O) groups is 3. The van der Waals surface area contributed by atoms with Gasteiger partial charge in [0.15, 0.2) is 0 Å². The van der Waals surface area contributed by atoms with Gasteiger partial charge in [-0.2, -0.15) is 5.26 Å². The maximum absolute atomic E-state index is 13.6. The van der Waals surface area contributed by atoms with Gasteiger partial charge in [-0.25, -0.2) is 0 Å². The third kappa shape index (κ3) is 6.59. The van der Waals surface area contributed by atoms with Gasteiger partial charge in [0, 0.05) is 36.7 Å². The van der Waals surface area contributed by atoms with Gasteiger partial charge in [0.2, 0.25) is 0 Å². The predicted molar refractivity (Wildman–Crippen MR) is 180 cm³/mol. The molecule has 0 saturated carbocycles. The summed E-state index contributed by atoms with van der Waals surface area (Å²) in [6, 6.07) is 30.0. The number of anilines is 3. The molecule has 3 aromatic carbocycles. The Labute approximate surface area is 268 Å². The van der Waals surface area contributed by atoms with Gasteiger partial charge in [0.05, 0.1) is 5.70 Å². The van der Waals surface area contributed by atoms with E-state index in [1.54, 1.807) is 13.0 Å². The summed E-state index contributed by atoms with van der Waals surface area (Å²) in [5.41, 5.74) is 6.84. The highest BCUT2D eigenvalue weighted by molar-refractivity contribution is 6.19. The van der Waals surface area contributed by atoms with Gasteiger partial charge in [-0.1, -0.05) is 66.8 Å². The summed E-state index contributed by atoms with van der Waals surface area (Å²) in [6.45, 7) is 0.728. The van der Waals surface area contributed by atoms with Crippen LogP contribution in [0.25, 0.3) is 6.08 Å². The SMILES string of the molecule is CC1=C(C#N)C(=O)N(CC(=O)O)C(=O)/C1=C\C1=C(N(c2ccccc2)c2ccccc2)C(=C/C=C/c2ccc(N(C)C)cc2)/CC1. The Kier molecular flexibility index (Phi) is 9.44. The Morgan fingerprint density at radius 2 is 1.50 bits per heavy atom. The number of rotatable bonds is 9. The maximum atomic E-state index is 13.6. The predicted octanol–water partition coefficient (Wildman–Crippen LogP) is 6.80. The van der Waals surface area contributed by atoms with Crippen molar-refractivity contribution < 1.29 is 19.5 Å². The molecule has 1 heterocycles. The molecule has 5 rings (SSSR count). The zero-order chi connectivity index (χ0) is 32.8. The van der Waals surface area contributed by atoms with Crippen LogP contribution in [0.5, 0.6) is 0 Å². The lowest BCUT2D eigenvalue weighted by Crippen LogP contribution is -2.45. The molecule has 2 amide bonds. The molecule has 1 N–H and O–H groups in total. The number of carboxylic acid groups (broad SMARTS) is 1. The van der Waals surface area contributed by atoms with Crippen molar-refractivity contribution in [2.24, 2.45) is 0 Å². The normalized spacial score (nSPS) is 17.0. The number of hydrogen-bond acceptors (Lipinski definition) is 6. The van der Waals surface area contributed by atoms with E-state index in [-0.39, 0.29) is 16.7 Å². The van der Waals surface area contributed by atoms with Crippen LogP contribution in [0.3, 0.4) is 0 Å². The van der Waals surface area contributed by atoms with Crippen LogP contribution < -0.4 is 9.80 Å². The third-order valence-corrected chi connectivity index (χ3v) is 7.96. The van der Waals surface area contributed by atoms with Crippen LogP contribution in [0.1, 0.15) is 25.3 Å². The first kappa shape index (κ1) is 31.5. The van der Waals surface area contributed by atoms with Crippen molar-refractivity contribution in [3.63, 3.8) is 0 Å². The minimum Gasteiger partial charge on any atom is -0.480 e. The number of benzene rings is 3. The first-order valence-corrected chi connectivity index (χ1v) is 14.9. The Morgan fingerprint density at radius 3 is 2.04 bits per heavy atom. The van der Waals surface area contributed by atoms with Gasteiger partial charge in [0.1, 0.15) is 18.2 Å². The second-order valence-corrected chi connectivity index (χ2v) is 11.2. The van der Waals surface area contributed by atoms with E-state index in [0.717, 1.165) is 39.5 Å². The average molecular weight is 611 g/mol. The topological polar surface area (TPSA) is 105 Å². The molecule has 0 bridgehead atoms. The third-order valence-electron chi connectivity index (χ3n) is 7.96. The molecule has 0 spiro atoms. The zero-order valence-electron chi connectivity index (χ0n) is 26.0. The lowest BCUT2D eigenvalue weighted by molar-refractivity contribution is -0.149. The van der Waals surface area contributed by atoms with E-state index in [2.05, 4.69) is 35.2 Å². The van der Waals surface area contributed by atoms with Crippen molar-refractivity contribution in [3.05, 3.63) is 142 Å². The fraction of sp³-hybridized carbons (Fsp3) is 0.158. The summed E-state index contributed by atoms with van der Waals surface area (Å²) in [7, 11) is 4.00. The van der Waals surface area contributed by atoms with Gasteiger partial charge in [-0.05, 0) is 84.5 Å². The lowest BCUT2D eigenvalue weighted by atomic mass is 9.93. The van der Waals surface area contributed by atoms with Crippen LogP contribution >= 0.6 is 0 Å². The molecule has 0 unspecified atom stereocenters. The zero-order valence-corrected chi connectivity index (χ0v) is 26.0. The van der Waals surface area contributed by atoms with Gasteiger partial charge in [0.25, 0.3) is 11.8 Å². The van der Waals surface area contributed by atoms with Crippen LogP contribution in [0, 0.1) is 11.3 Å². The molecule has 8 nitrogen and oxygen atoms in total. The Hall–Kier alpha value is -5.94. The van der Waals surface area contributed by atoms with Crippen LogP contribution in [0.15, 0.2) is 137 Å². The minimum atomic E-state index is -1.34. The van der Waals surface area contributed by atoms with Crippen LogP contribution in [-0.2, 0) is 14.4 Å². The van der Waals surface area contributed by atoms with Gasteiger partial charge >= 0.3 is 5.97 Å². The van der Waals surface area contributed by atoms with E-state index in [9.17, 15) is 24.8 Å². The molecule has 0 fully saturated rings. The van der Waals surface area contributed by atoms with E-state index in [0.29, 0.717) is 17.7 Å². The first-order valence-electron chi connectivity index (χ1n) is 14.9. The largest absolute Gasteiger partial charge is 0.480 e. The van der Waals surface area contributed by atoms with E-state index < -0.39 is 24.3 Å². The molecule has 3 aromatic rings. The fourth-order valence-electron chi connectivity index (χ4n) is 5.61. The molecule has 230 valence electrons. The van der Waals surface area contributed by atoms with Crippen molar-refractivity contribution in [2.75, 3.05) is 30.4 Å². The summed E-state index contributed by atoms with van der Waals surface area (Å²) in [5.74, 6) is -2.98. The highest BCUT2D eigenvalue weighted by atomic mass is 16.4. The number of imide groups is 1. The number of nitriles is 1. The average Bonchev–Trinajstić information content (AvgIpc) is 3.44.